The number of nitrogens with zero attached hydrogens (tertiary/aromatic N) is 1. The van der Waals surface area contributed by atoms with Crippen molar-refractivity contribution in [2.75, 3.05) is 14.1 Å². The molecule has 1 N–H and O–H groups in total. The van der Waals surface area contributed by atoms with E-state index in [0.717, 1.165) is 16.6 Å². The Balaban J connectivity index is 2.53. The van der Waals surface area contributed by atoms with Crippen molar-refractivity contribution < 1.29 is 4.79 Å². The van der Waals surface area contributed by atoms with Crippen LogP contribution in [0.3, 0.4) is 0 Å². The van der Waals surface area contributed by atoms with Gasteiger partial charge in [-0.3, -0.25) is 4.79 Å². The summed E-state index contributed by atoms with van der Waals surface area (Å²) in [6.45, 7) is 1.89. The number of carbonyl (C=O) groups excluding carboxylic acids is 1. The molecule has 0 saturated heterocycles. The maximum absolute atomic E-state index is 12.0. The van der Waals surface area contributed by atoms with E-state index in [1.54, 1.807) is 4.90 Å². The molecule has 0 unspecified atom stereocenters. The number of benzene rings is 1. The fraction of sp³-hybridized carbons (Fsp3) is 0.214. The summed E-state index contributed by atoms with van der Waals surface area (Å²) in [6.07, 6.45) is 0. The molecule has 3 heteroatoms. The molecular weight excluding hydrogens is 212 g/mol. The molecular formula is C14H14N2O. The van der Waals surface area contributed by atoms with E-state index in [-0.39, 0.29) is 5.78 Å². The quantitative estimate of drug-likeness (QED) is 0.459. The van der Waals surface area contributed by atoms with Gasteiger partial charge in [-0.05, 0) is 18.9 Å². The number of ketones is 1. The molecule has 2 aromatic rings. The third kappa shape index (κ3) is 2.16. The molecule has 0 radical (unpaired) electrons. The Morgan fingerprint density at radius 2 is 2.00 bits per heavy atom. The molecule has 86 valence electrons. The molecule has 1 aromatic heterocycles. The molecule has 0 aliphatic rings. The number of Topliss-reactive ketones (excluding diaryl/α,β-unsaturated/α-hetero) is 1. The van der Waals surface area contributed by atoms with E-state index in [1.165, 1.54) is 0 Å². The van der Waals surface area contributed by atoms with Crippen LogP contribution < -0.4 is 0 Å². The van der Waals surface area contributed by atoms with E-state index in [9.17, 15) is 4.79 Å². The fourth-order valence-electron chi connectivity index (χ4n) is 1.79. The minimum absolute atomic E-state index is 0.145. The van der Waals surface area contributed by atoms with Gasteiger partial charge in [0.15, 0.2) is 0 Å². The molecule has 3 nitrogen and oxygen atoms in total. The lowest BCUT2D eigenvalue weighted by molar-refractivity contribution is 0.105. The summed E-state index contributed by atoms with van der Waals surface area (Å²) in [4.78, 5) is 16.9. The first kappa shape index (κ1) is 11.3. The molecule has 2 rings (SSSR count). The number of aromatic amines is 1. The number of hydrogen-bond donors (Lipinski definition) is 1. The Kier molecular flexibility index (Phi) is 2.88. The van der Waals surface area contributed by atoms with Crippen LogP contribution in [0.4, 0.5) is 0 Å². The van der Waals surface area contributed by atoms with Crippen LogP contribution >= 0.6 is 0 Å². The molecule has 0 amide bonds. The average Bonchev–Trinajstić information content (AvgIpc) is 2.61. The fourth-order valence-corrected chi connectivity index (χ4v) is 1.79. The zero-order valence-electron chi connectivity index (χ0n) is 10.2. The number of carbonyl (C=O) groups is 1. The summed E-state index contributed by atoms with van der Waals surface area (Å²) in [5, 5.41) is 0.933. The van der Waals surface area contributed by atoms with Crippen molar-refractivity contribution in [1.82, 2.24) is 9.88 Å². The standard InChI is InChI=1S/C14H14N2O/c1-10-14(13(17)8-9-16(2)3)11-6-4-5-7-12(11)15-10/h4-7,15H,1-3H3. The van der Waals surface area contributed by atoms with E-state index in [2.05, 4.69) is 16.9 Å². The second-order valence-corrected chi connectivity index (χ2v) is 4.13. The second kappa shape index (κ2) is 4.34. The normalized spacial score (nSPS) is 9.82. The van der Waals surface area contributed by atoms with E-state index < -0.39 is 0 Å². The highest BCUT2D eigenvalue weighted by atomic mass is 16.1. The summed E-state index contributed by atoms with van der Waals surface area (Å²) in [5.41, 5.74) is 2.51. The van der Waals surface area contributed by atoms with Gasteiger partial charge in [0.1, 0.15) is 0 Å². The predicted octanol–water partition coefficient (Wildman–Crippen LogP) is 2.18. The molecule has 1 aromatic carbocycles. The number of hydrogen-bond acceptors (Lipinski definition) is 2. The van der Waals surface area contributed by atoms with Crippen LogP contribution in [0.2, 0.25) is 0 Å². The average molecular weight is 226 g/mol. The van der Waals surface area contributed by atoms with Crippen LogP contribution in [-0.4, -0.2) is 29.8 Å². The van der Waals surface area contributed by atoms with Gasteiger partial charge >= 0.3 is 0 Å². The molecule has 0 spiro atoms. The zero-order valence-corrected chi connectivity index (χ0v) is 10.2. The minimum Gasteiger partial charge on any atom is -0.358 e. The van der Waals surface area contributed by atoms with Gasteiger partial charge in [-0.2, -0.15) is 0 Å². The maximum atomic E-state index is 12.0. The summed E-state index contributed by atoms with van der Waals surface area (Å²) < 4.78 is 0. The first-order chi connectivity index (χ1) is 8.09. The highest BCUT2D eigenvalue weighted by molar-refractivity contribution is 6.17. The molecule has 0 bridgehead atoms. The van der Waals surface area contributed by atoms with Crippen LogP contribution in [0.15, 0.2) is 24.3 Å². The summed E-state index contributed by atoms with van der Waals surface area (Å²) in [6, 6.07) is 10.5. The van der Waals surface area contributed by atoms with E-state index >= 15 is 0 Å². The third-order valence-corrected chi connectivity index (χ3v) is 2.51. The van der Waals surface area contributed by atoms with Gasteiger partial charge in [-0.1, -0.05) is 18.2 Å². The number of rotatable bonds is 1. The van der Waals surface area contributed by atoms with Crippen molar-refractivity contribution in [3.05, 3.63) is 35.5 Å². The second-order valence-electron chi connectivity index (χ2n) is 4.13. The number of aryl methyl sites for hydroxylation is 1. The van der Waals surface area contributed by atoms with Gasteiger partial charge in [0.2, 0.25) is 5.78 Å². The van der Waals surface area contributed by atoms with Crippen molar-refractivity contribution in [2.45, 2.75) is 6.92 Å². The van der Waals surface area contributed by atoms with E-state index in [4.69, 9.17) is 0 Å². The smallest absolute Gasteiger partial charge is 0.240 e. The van der Waals surface area contributed by atoms with Crippen molar-refractivity contribution in [2.24, 2.45) is 0 Å². The maximum Gasteiger partial charge on any atom is 0.240 e. The molecule has 0 atom stereocenters. The first-order valence-electron chi connectivity index (χ1n) is 5.40. The van der Waals surface area contributed by atoms with E-state index in [1.807, 2.05) is 45.3 Å². The van der Waals surface area contributed by atoms with Gasteiger partial charge < -0.3 is 9.88 Å². The Labute approximate surface area is 100 Å². The van der Waals surface area contributed by atoms with Gasteiger partial charge in [-0.15, -0.1) is 0 Å². The van der Waals surface area contributed by atoms with Gasteiger partial charge in [0, 0.05) is 36.7 Å². The number of H-pyrrole nitrogens is 1. The van der Waals surface area contributed by atoms with Gasteiger partial charge in [0.05, 0.1) is 5.56 Å². The van der Waals surface area contributed by atoms with E-state index in [0.29, 0.717) is 5.56 Å². The summed E-state index contributed by atoms with van der Waals surface area (Å²) >= 11 is 0. The number of para-hydroxylation sites is 1. The number of fused-ring (bicyclic) bond motifs is 1. The van der Waals surface area contributed by atoms with Gasteiger partial charge in [-0.25, -0.2) is 0 Å². The SMILES string of the molecule is Cc1[nH]c2ccccc2c1C(=O)C#CN(C)C. The molecule has 17 heavy (non-hydrogen) atoms. The molecule has 0 aliphatic carbocycles. The summed E-state index contributed by atoms with van der Waals surface area (Å²) in [5.74, 6) is 2.49. The van der Waals surface area contributed by atoms with Crippen LogP contribution in [-0.2, 0) is 0 Å². The lowest BCUT2D eigenvalue weighted by Crippen LogP contribution is -2.04. The third-order valence-electron chi connectivity index (χ3n) is 2.51. The zero-order chi connectivity index (χ0) is 12.4. The Hall–Kier alpha value is -2.21. The first-order valence-corrected chi connectivity index (χ1v) is 5.40. The lowest BCUT2D eigenvalue weighted by Gasteiger charge is -1.98. The highest BCUT2D eigenvalue weighted by Crippen LogP contribution is 2.21. The Bertz CT molecular complexity index is 626. The molecule has 1 heterocycles. The Morgan fingerprint density at radius 1 is 1.29 bits per heavy atom. The minimum atomic E-state index is -0.145. The molecule has 0 aliphatic heterocycles. The Morgan fingerprint density at radius 3 is 2.71 bits per heavy atom. The number of nitrogens with one attached hydrogen (secondary N) is 1. The predicted molar refractivity (Wildman–Crippen MR) is 68.8 cm³/mol. The van der Waals surface area contributed by atoms with Gasteiger partial charge in [0.25, 0.3) is 0 Å². The molecule has 0 fully saturated rings. The number of aromatic nitrogens is 1. The molecule has 0 saturated carbocycles. The van der Waals surface area contributed by atoms with Crippen molar-refractivity contribution >= 4 is 16.7 Å². The van der Waals surface area contributed by atoms with Crippen molar-refractivity contribution in [3.8, 4) is 12.0 Å². The lowest BCUT2D eigenvalue weighted by atomic mass is 10.1. The van der Waals surface area contributed by atoms with Crippen LogP contribution in [0.25, 0.3) is 10.9 Å². The summed E-state index contributed by atoms with van der Waals surface area (Å²) in [7, 11) is 3.62. The van der Waals surface area contributed by atoms with Crippen LogP contribution in [0.5, 0.6) is 0 Å². The largest absolute Gasteiger partial charge is 0.358 e. The topological polar surface area (TPSA) is 36.1 Å². The monoisotopic (exact) mass is 226 g/mol. The van der Waals surface area contributed by atoms with Crippen LogP contribution in [0.1, 0.15) is 16.1 Å². The van der Waals surface area contributed by atoms with Crippen LogP contribution in [0, 0.1) is 18.9 Å². The van der Waals surface area contributed by atoms with Crippen molar-refractivity contribution in [3.63, 3.8) is 0 Å². The van der Waals surface area contributed by atoms with Crippen molar-refractivity contribution in [1.29, 1.82) is 0 Å². The highest BCUT2D eigenvalue weighted by Gasteiger charge is 2.13.